The van der Waals surface area contributed by atoms with Gasteiger partial charge >= 0.3 is 0 Å². The van der Waals surface area contributed by atoms with Crippen molar-refractivity contribution in [2.24, 2.45) is 0 Å². The number of amides is 1. The molecule has 1 aliphatic heterocycles. The van der Waals surface area contributed by atoms with Crippen molar-refractivity contribution in [3.05, 3.63) is 76.7 Å². The minimum atomic E-state index is -0.439. The van der Waals surface area contributed by atoms with E-state index < -0.39 is 6.04 Å². The van der Waals surface area contributed by atoms with Crippen molar-refractivity contribution in [2.75, 3.05) is 17.7 Å². The number of allylic oxidation sites excluding steroid dienone is 1. The van der Waals surface area contributed by atoms with Crippen LogP contribution in [0.25, 0.3) is 0 Å². The molecule has 1 atom stereocenters. The number of fused-ring (bicyclic) bond motifs is 1. The van der Waals surface area contributed by atoms with Gasteiger partial charge in [-0.1, -0.05) is 35.9 Å². The Kier molecular flexibility index (Phi) is 4.75. The first-order valence-electron chi connectivity index (χ1n) is 8.65. The summed E-state index contributed by atoms with van der Waals surface area (Å²) in [5.41, 5.74) is 2.70. The fraction of sp³-hybridized carbons (Fsp3) is 0.150. The van der Waals surface area contributed by atoms with Gasteiger partial charge in [0, 0.05) is 10.7 Å². The number of methoxy groups -OCH3 is 1. The molecular formula is C20H18ClN5O2. The Bertz CT molecular complexity index is 1060. The van der Waals surface area contributed by atoms with Crippen LogP contribution >= 0.6 is 11.6 Å². The van der Waals surface area contributed by atoms with Crippen LogP contribution in [0.3, 0.4) is 0 Å². The Balaban J connectivity index is 1.76. The maximum absolute atomic E-state index is 13.3. The van der Waals surface area contributed by atoms with Crippen LogP contribution in [0.2, 0.25) is 5.02 Å². The first-order valence-corrected chi connectivity index (χ1v) is 9.03. The standard InChI is InChI=1S/C20H18ClN5O2/c1-12-17(19(27)25-15-5-3-4-6-16(15)28-2)18(13-7-9-14(21)10-8-13)26-20(24-12)22-11-23-26/h3-11,18H,1-2H3,(H,25,27)(H,22,23,24)/t18-/m1/s1. The minimum absolute atomic E-state index is 0.254. The lowest BCUT2D eigenvalue weighted by molar-refractivity contribution is -0.113. The minimum Gasteiger partial charge on any atom is -0.495 e. The summed E-state index contributed by atoms with van der Waals surface area (Å²) in [5.74, 6) is 0.907. The van der Waals surface area contributed by atoms with E-state index in [0.717, 1.165) is 5.56 Å². The summed E-state index contributed by atoms with van der Waals surface area (Å²) in [5, 5.41) is 11.0. The smallest absolute Gasteiger partial charge is 0.255 e. The van der Waals surface area contributed by atoms with Gasteiger partial charge in [-0.05, 0) is 36.8 Å². The summed E-state index contributed by atoms with van der Waals surface area (Å²) in [6, 6.07) is 14.2. The summed E-state index contributed by atoms with van der Waals surface area (Å²) in [7, 11) is 1.57. The van der Waals surface area contributed by atoms with Crippen molar-refractivity contribution in [1.29, 1.82) is 0 Å². The maximum atomic E-state index is 13.3. The number of carbonyl (C=O) groups excluding carboxylic acids is 1. The SMILES string of the molecule is COc1ccccc1NC(=O)C1=C(C)Nc2ncnn2[C@@H]1c1ccc(Cl)cc1. The number of para-hydroxylation sites is 2. The first kappa shape index (κ1) is 18.1. The fourth-order valence-electron chi connectivity index (χ4n) is 3.28. The van der Waals surface area contributed by atoms with Gasteiger partial charge in [-0.2, -0.15) is 10.1 Å². The molecule has 1 aromatic heterocycles. The lowest BCUT2D eigenvalue weighted by atomic mass is 9.95. The normalized spacial score (nSPS) is 15.6. The van der Waals surface area contributed by atoms with Crippen LogP contribution < -0.4 is 15.4 Å². The van der Waals surface area contributed by atoms with Gasteiger partial charge in [-0.15, -0.1) is 0 Å². The van der Waals surface area contributed by atoms with E-state index in [0.29, 0.717) is 33.7 Å². The molecule has 0 radical (unpaired) electrons. The molecule has 0 unspecified atom stereocenters. The molecule has 8 heteroatoms. The second kappa shape index (κ2) is 7.36. The summed E-state index contributed by atoms with van der Waals surface area (Å²) < 4.78 is 7.03. The Morgan fingerprint density at radius 3 is 2.71 bits per heavy atom. The number of anilines is 2. The second-order valence-corrected chi connectivity index (χ2v) is 6.74. The van der Waals surface area contributed by atoms with Crippen LogP contribution in [-0.2, 0) is 4.79 Å². The molecule has 142 valence electrons. The van der Waals surface area contributed by atoms with Crippen molar-refractivity contribution in [2.45, 2.75) is 13.0 Å². The van der Waals surface area contributed by atoms with Gasteiger partial charge in [-0.3, -0.25) is 4.79 Å². The van der Waals surface area contributed by atoms with E-state index in [4.69, 9.17) is 16.3 Å². The third-order valence-electron chi connectivity index (χ3n) is 4.58. The number of carbonyl (C=O) groups is 1. The topological polar surface area (TPSA) is 81.1 Å². The summed E-state index contributed by atoms with van der Waals surface area (Å²) in [6.07, 6.45) is 1.46. The molecule has 2 aromatic carbocycles. The monoisotopic (exact) mass is 395 g/mol. The largest absolute Gasteiger partial charge is 0.495 e. The molecule has 0 fully saturated rings. The van der Waals surface area contributed by atoms with E-state index in [1.807, 2.05) is 31.2 Å². The number of ether oxygens (including phenoxy) is 1. The average molecular weight is 396 g/mol. The molecule has 4 rings (SSSR count). The number of aromatic nitrogens is 3. The van der Waals surface area contributed by atoms with Crippen LogP contribution in [0.1, 0.15) is 18.5 Å². The molecule has 0 bridgehead atoms. The molecule has 2 heterocycles. The number of hydrogen-bond acceptors (Lipinski definition) is 5. The van der Waals surface area contributed by atoms with Crippen molar-refractivity contribution in [3.63, 3.8) is 0 Å². The van der Waals surface area contributed by atoms with E-state index in [9.17, 15) is 4.79 Å². The van der Waals surface area contributed by atoms with Gasteiger partial charge in [0.2, 0.25) is 5.95 Å². The van der Waals surface area contributed by atoms with Crippen LogP contribution in [0, 0.1) is 0 Å². The fourth-order valence-corrected chi connectivity index (χ4v) is 3.40. The van der Waals surface area contributed by atoms with Crippen molar-refractivity contribution in [3.8, 4) is 5.75 Å². The summed E-state index contributed by atoms with van der Waals surface area (Å²) in [6.45, 7) is 1.85. The van der Waals surface area contributed by atoms with Gasteiger partial charge in [0.1, 0.15) is 18.1 Å². The lowest BCUT2D eigenvalue weighted by Crippen LogP contribution is -2.31. The van der Waals surface area contributed by atoms with Crippen LogP contribution in [0.15, 0.2) is 66.1 Å². The van der Waals surface area contributed by atoms with Crippen molar-refractivity contribution >= 4 is 29.1 Å². The Morgan fingerprint density at radius 1 is 1.21 bits per heavy atom. The number of nitrogens with one attached hydrogen (secondary N) is 2. The third-order valence-corrected chi connectivity index (χ3v) is 4.83. The zero-order chi connectivity index (χ0) is 19.7. The molecule has 1 amide bonds. The first-order chi connectivity index (χ1) is 13.6. The van der Waals surface area contributed by atoms with E-state index in [-0.39, 0.29) is 5.91 Å². The third kappa shape index (κ3) is 3.20. The van der Waals surface area contributed by atoms with Crippen molar-refractivity contribution in [1.82, 2.24) is 14.8 Å². The molecule has 28 heavy (non-hydrogen) atoms. The van der Waals surface area contributed by atoms with Crippen LogP contribution in [0.5, 0.6) is 5.75 Å². The predicted molar refractivity (Wildman–Crippen MR) is 108 cm³/mol. The van der Waals surface area contributed by atoms with Gasteiger partial charge in [0.05, 0.1) is 18.4 Å². The van der Waals surface area contributed by atoms with E-state index in [1.54, 1.807) is 36.1 Å². The van der Waals surface area contributed by atoms with Crippen molar-refractivity contribution < 1.29 is 9.53 Å². The molecule has 2 N–H and O–H groups in total. The molecule has 3 aromatic rings. The Morgan fingerprint density at radius 2 is 1.96 bits per heavy atom. The second-order valence-electron chi connectivity index (χ2n) is 6.30. The van der Waals surface area contributed by atoms with Gasteiger partial charge in [0.25, 0.3) is 5.91 Å². The lowest BCUT2D eigenvalue weighted by Gasteiger charge is -2.29. The molecule has 0 saturated carbocycles. The maximum Gasteiger partial charge on any atom is 0.255 e. The van der Waals surface area contributed by atoms with Gasteiger partial charge < -0.3 is 15.4 Å². The van der Waals surface area contributed by atoms with Gasteiger partial charge in [-0.25, -0.2) is 4.68 Å². The molecule has 0 spiro atoms. The number of hydrogen-bond donors (Lipinski definition) is 2. The Labute approximate surface area is 167 Å². The highest BCUT2D eigenvalue weighted by Crippen LogP contribution is 2.36. The van der Waals surface area contributed by atoms with E-state index in [1.165, 1.54) is 6.33 Å². The van der Waals surface area contributed by atoms with Crippen LogP contribution in [-0.4, -0.2) is 27.8 Å². The number of rotatable bonds is 4. The summed E-state index contributed by atoms with van der Waals surface area (Å²) >= 11 is 6.05. The highest BCUT2D eigenvalue weighted by molar-refractivity contribution is 6.30. The summed E-state index contributed by atoms with van der Waals surface area (Å²) in [4.78, 5) is 17.5. The molecule has 1 aliphatic rings. The number of halogens is 1. The number of benzene rings is 2. The molecule has 0 aliphatic carbocycles. The highest BCUT2D eigenvalue weighted by Gasteiger charge is 2.33. The Hall–Kier alpha value is -3.32. The van der Waals surface area contributed by atoms with Crippen LogP contribution in [0.4, 0.5) is 11.6 Å². The predicted octanol–water partition coefficient (Wildman–Crippen LogP) is 3.87. The molecular weight excluding hydrogens is 378 g/mol. The number of nitrogens with zero attached hydrogens (tertiary/aromatic N) is 3. The average Bonchev–Trinajstić information content (AvgIpc) is 3.16. The molecule has 7 nitrogen and oxygen atoms in total. The zero-order valence-electron chi connectivity index (χ0n) is 15.3. The molecule has 0 saturated heterocycles. The zero-order valence-corrected chi connectivity index (χ0v) is 16.1. The quantitative estimate of drug-likeness (QED) is 0.700. The van der Waals surface area contributed by atoms with E-state index in [2.05, 4.69) is 20.7 Å². The van der Waals surface area contributed by atoms with E-state index >= 15 is 0 Å². The van der Waals surface area contributed by atoms with Gasteiger partial charge in [0.15, 0.2) is 0 Å². The highest BCUT2D eigenvalue weighted by atomic mass is 35.5.